The minimum absolute atomic E-state index is 0.550. The third-order valence-electron chi connectivity index (χ3n) is 6.73. The number of nitrogens with zero attached hydrogens (tertiary/aromatic N) is 6. The summed E-state index contributed by atoms with van der Waals surface area (Å²) in [5.41, 5.74) is 2.39. The average Bonchev–Trinajstić information content (AvgIpc) is 3.81. The first-order valence-corrected chi connectivity index (χ1v) is 13.8. The van der Waals surface area contributed by atoms with Crippen molar-refractivity contribution >= 4 is 33.3 Å². The molecule has 0 spiro atoms. The van der Waals surface area contributed by atoms with Gasteiger partial charge in [0.1, 0.15) is 21.5 Å². The molecule has 4 aromatic rings. The molecule has 4 heterocycles. The van der Waals surface area contributed by atoms with Crippen LogP contribution in [-0.2, 0) is 11.3 Å². The molecule has 3 fully saturated rings. The van der Waals surface area contributed by atoms with Crippen LogP contribution in [0.5, 0.6) is 0 Å². The molecule has 7 rings (SSSR count). The molecule has 34 heavy (non-hydrogen) atoms. The number of benzene rings is 1. The van der Waals surface area contributed by atoms with Gasteiger partial charge in [0.25, 0.3) is 0 Å². The molecular formula is C25H26N6OS2. The van der Waals surface area contributed by atoms with Crippen molar-refractivity contribution in [3.05, 3.63) is 47.4 Å². The van der Waals surface area contributed by atoms with Gasteiger partial charge in [-0.1, -0.05) is 30.3 Å². The molecule has 0 radical (unpaired) electrons. The maximum Gasteiger partial charge on any atom is 0.197 e. The smallest absolute Gasteiger partial charge is 0.197 e. The SMILES string of the molecule is c1ccc(-c2csc3nc(CN4CCOCC4)nc(Sc4nnc(C5CC5)n4C4CC4)c23)cc1. The van der Waals surface area contributed by atoms with E-state index in [0.717, 1.165) is 59.1 Å². The van der Waals surface area contributed by atoms with Gasteiger partial charge in [-0.05, 0) is 43.0 Å². The fraction of sp³-hybridized carbons (Fsp3) is 0.440. The molecule has 0 N–H and O–H groups in total. The van der Waals surface area contributed by atoms with Crippen molar-refractivity contribution in [1.29, 1.82) is 0 Å². The third kappa shape index (κ3) is 4.04. The molecule has 0 atom stereocenters. The maximum atomic E-state index is 5.53. The third-order valence-corrected chi connectivity index (χ3v) is 8.56. The lowest BCUT2D eigenvalue weighted by Crippen LogP contribution is -2.36. The molecule has 2 saturated carbocycles. The van der Waals surface area contributed by atoms with Crippen molar-refractivity contribution in [2.45, 2.75) is 54.4 Å². The van der Waals surface area contributed by atoms with Gasteiger partial charge in [0.05, 0.1) is 25.1 Å². The Morgan fingerprint density at radius 3 is 2.59 bits per heavy atom. The highest BCUT2D eigenvalue weighted by molar-refractivity contribution is 7.99. The fourth-order valence-electron chi connectivity index (χ4n) is 4.63. The zero-order valence-electron chi connectivity index (χ0n) is 18.9. The molecule has 1 aromatic carbocycles. The highest BCUT2D eigenvalue weighted by Gasteiger charge is 2.37. The van der Waals surface area contributed by atoms with Crippen molar-refractivity contribution in [3.8, 4) is 11.1 Å². The number of aromatic nitrogens is 5. The average molecular weight is 491 g/mol. The number of fused-ring (bicyclic) bond motifs is 1. The van der Waals surface area contributed by atoms with Gasteiger partial charge in [0.2, 0.25) is 0 Å². The summed E-state index contributed by atoms with van der Waals surface area (Å²) < 4.78 is 7.94. The first kappa shape index (κ1) is 21.0. The van der Waals surface area contributed by atoms with E-state index >= 15 is 0 Å². The Morgan fingerprint density at radius 1 is 1.00 bits per heavy atom. The van der Waals surface area contributed by atoms with Gasteiger partial charge in [-0.2, -0.15) is 0 Å². The zero-order chi connectivity index (χ0) is 22.5. The number of rotatable bonds is 7. The largest absolute Gasteiger partial charge is 0.379 e. The van der Waals surface area contributed by atoms with Gasteiger partial charge in [-0.15, -0.1) is 21.5 Å². The monoisotopic (exact) mass is 490 g/mol. The van der Waals surface area contributed by atoms with E-state index in [1.54, 1.807) is 23.1 Å². The number of hydrogen-bond donors (Lipinski definition) is 0. The van der Waals surface area contributed by atoms with Crippen LogP contribution < -0.4 is 0 Å². The molecule has 3 aromatic heterocycles. The number of hydrogen-bond acceptors (Lipinski definition) is 8. The van der Waals surface area contributed by atoms with E-state index in [2.05, 4.69) is 55.4 Å². The van der Waals surface area contributed by atoms with E-state index in [4.69, 9.17) is 14.7 Å². The summed E-state index contributed by atoms with van der Waals surface area (Å²) in [6, 6.07) is 11.1. The van der Waals surface area contributed by atoms with Gasteiger partial charge in [0.15, 0.2) is 5.16 Å². The first-order valence-electron chi connectivity index (χ1n) is 12.1. The minimum Gasteiger partial charge on any atom is -0.379 e. The second kappa shape index (κ2) is 8.71. The maximum absolute atomic E-state index is 5.53. The van der Waals surface area contributed by atoms with E-state index in [1.807, 2.05) is 0 Å². The van der Waals surface area contributed by atoms with Gasteiger partial charge in [-0.25, -0.2) is 9.97 Å². The molecular weight excluding hydrogens is 464 g/mol. The highest BCUT2D eigenvalue weighted by Crippen LogP contribution is 2.48. The number of morpholine rings is 1. The van der Waals surface area contributed by atoms with Crippen LogP contribution in [0.15, 0.2) is 45.9 Å². The molecule has 1 saturated heterocycles. The van der Waals surface area contributed by atoms with Crippen LogP contribution >= 0.6 is 23.1 Å². The predicted molar refractivity (Wildman–Crippen MR) is 133 cm³/mol. The van der Waals surface area contributed by atoms with E-state index in [1.165, 1.54) is 42.6 Å². The molecule has 1 aliphatic heterocycles. The molecule has 0 unspecified atom stereocenters. The van der Waals surface area contributed by atoms with Crippen LogP contribution in [-0.4, -0.2) is 55.9 Å². The Hall–Kier alpha value is -2.33. The summed E-state index contributed by atoms with van der Waals surface area (Å²) in [6.45, 7) is 4.13. The van der Waals surface area contributed by atoms with Gasteiger partial charge < -0.3 is 9.30 Å². The Balaban J connectivity index is 1.32. The van der Waals surface area contributed by atoms with Gasteiger partial charge in [0, 0.05) is 36.0 Å². The highest BCUT2D eigenvalue weighted by atomic mass is 32.2. The van der Waals surface area contributed by atoms with Gasteiger partial charge >= 0.3 is 0 Å². The van der Waals surface area contributed by atoms with E-state index < -0.39 is 0 Å². The van der Waals surface area contributed by atoms with Crippen LogP contribution in [0.2, 0.25) is 0 Å². The lowest BCUT2D eigenvalue weighted by Gasteiger charge is -2.25. The van der Waals surface area contributed by atoms with E-state index in [-0.39, 0.29) is 0 Å². The predicted octanol–water partition coefficient (Wildman–Crippen LogP) is 5.15. The number of thiophene rings is 1. The second-order valence-corrected chi connectivity index (χ2v) is 11.2. The van der Waals surface area contributed by atoms with Crippen LogP contribution in [0.1, 0.15) is 49.3 Å². The fourth-order valence-corrected chi connectivity index (χ4v) is 6.71. The Morgan fingerprint density at radius 2 is 1.82 bits per heavy atom. The Labute approximate surface area is 206 Å². The van der Waals surface area contributed by atoms with Crippen molar-refractivity contribution < 1.29 is 4.74 Å². The summed E-state index contributed by atoms with van der Waals surface area (Å²) in [5, 5.41) is 14.6. The Bertz CT molecular complexity index is 1320. The lowest BCUT2D eigenvalue weighted by molar-refractivity contribution is 0.0330. The molecule has 2 aliphatic carbocycles. The summed E-state index contributed by atoms with van der Waals surface area (Å²) in [6.07, 6.45) is 4.92. The first-order chi connectivity index (χ1) is 16.8. The second-order valence-electron chi connectivity index (χ2n) is 9.35. The lowest BCUT2D eigenvalue weighted by atomic mass is 10.1. The van der Waals surface area contributed by atoms with E-state index in [0.29, 0.717) is 12.0 Å². The van der Waals surface area contributed by atoms with Crippen LogP contribution in [0.4, 0.5) is 0 Å². The van der Waals surface area contributed by atoms with Crippen LogP contribution in [0.3, 0.4) is 0 Å². The van der Waals surface area contributed by atoms with Crippen molar-refractivity contribution in [2.24, 2.45) is 0 Å². The normalized spacial score (nSPS) is 19.2. The standard InChI is InChI=1S/C25H26N6OS2/c1-2-4-16(5-3-1)19-15-33-23-21(19)24(27-20(26-23)14-30-10-12-32-13-11-30)34-25-29-28-22(17-6-7-17)31(25)18-8-9-18/h1-5,15,17-18H,6-14H2. The molecule has 0 amide bonds. The number of ether oxygens (including phenoxy) is 1. The molecule has 3 aliphatic rings. The molecule has 7 nitrogen and oxygen atoms in total. The van der Waals surface area contributed by atoms with Crippen LogP contribution in [0, 0.1) is 0 Å². The summed E-state index contributed by atoms with van der Waals surface area (Å²) in [4.78, 5) is 13.6. The molecule has 0 bridgehead atoms. The minimum atomic E-state index is 0.550. The zero-order valence-corrected chi connectivity index (χ0v) is 20.5. The van der Waals surface area contributed by atoms with Crippen molar-refractivity contribution in [3.63, 3.8) is 0 Å². The topological polar surface area (TPSA) is 69.0 Å². The van der Waals surface area contributed by atoms with E-state index in [9.17, 15) is 0 Å². The van der Waals surface area contributed by atoms with Gasteiger partial charge in [-0.3, -0.25) is 4.90 Å². The summed E-state index contributed by atoms with van der Waals surface area (Å²) in [7, 11) is 0. The molecule has 174 valence electrons. The van der Waals surface area contributed by atoms with Crippen molar-refractivity contribution in [2.75, 3.05) is 26.3 Å². The Kier molecular flexibility index (Phi) is 5.38. The van der Waals surface area contributed by atoms with Crippen molar-refractivity contribution in [1.82, 2.24) is 29.6 Å². The summed E-state index contributed by atoms with van der Waals surface area (Å²) >= 11 is 3.37. The summed E-state index contributed by atoms with van der Waals surface area (Å²) in [5.74, 6) is 2.64. The molecule has 9 heteroatoms. The quantitative estimate of drug-likeness (QED) is 0.332. The van der Waals surface area contributed by atoms with Crippen LogP contribution in [0.25, 0.3) is 21.3 Å².